The van der Waals surface area contributed by atoms with Gasteiger partial charge in [-0.25, -0.2) is 18.5 Å². The number of anilines is 1. The molecule has 3 amide bonds. The number of imide groups is 1. The first-order valence-electron chi connectivity index (χ1n) is 9.12. The summed E-state index contributed by atoms with van der Waals surface area (Å²) < 4.78 is 22.8. The van der Waals surface area contributed by atoms with Crippen molar-refractivity contribution in [3.63, 3.8) is 0 Å². The molecule has 8 nitrogen and oxygen atoms in total. The standard InChI is InChI=1S/C21H21N3O5S/c1-3-12-23(20(26)17-7-5-4-6-14(17)2)18-13-19(25)24(21(18)27)15-8-10-16(11-9-15)30(22,28)29/h3-11,18H,1,12-13H2,2H3,(H2,22,28,29). The first kappa shape index (κ1) is 21.4. The third-order valence-corrected chi connectivity index (χ3v) is 5.81. The lowest BCUT2D eigenvalue weighted by molar-refractivity contribution is -0.122. The van der Waals surface area contributed by atoms with Crippen LogP contribution in [0.25, 0.3) is 0 Å². The third kappa shape index (κ3) is 4.03. The van der Waals surface area contributed by atoms with Gasteiger partial charge in [-0.15, -0.1) is 6.58 Å². The van der Waals surface area contributed by atoms with Crippen molar-refractivity contribution in [3.8, 4) is 0 Å². The lowest BCUT2D eigenvalue weighted by atomic mass is 10.1. The van der Waals surface area contributed by atoms with E-state index in [0.29, 0.717) is 5.56 Å². The molecule has 3 rings (SSSR count). The molecule has 1 atom stereocenters. The molecule has 30 heavy (non-hydrogen) atoms. The second-order valence-electron chi connectivity index (χ2n) is 6.89. The topological polar surface area (TPSA) is 118 Å². The van der Waals surface area contributed by atoms with Gasteiger partial charge in [0.15, 0.2) is 0 Å². The first-order valence-corrected chi connectivity index (χ1v) is 10.7. The largest absolute Gasteiger partial charge is 0.322 e. The van der Waals surface area contributed by atoms with Gasteiger partial charge in [-0.3, -0.25) is 14.4 Å². The summed E-state index contributed by atoms with van der Waals surface area (Å²) in [5.74, 6) is -1.42. The van der Waals surface area contributed by atoms with Crippen LogP contribution in [0, 0.1) is 6.92 Å². The van der Waals surface area contributed by atoms with Crippen LogP contribution < -0.4 is 10.0 Å². The maximum atomic E-state index is 13.1. The van der Waals surface area contributed by atoms with Gasteiger partial charge in [-0.05, 0) is 42.8 Å². The van der Waals surface area contributed by atoms with Crippen LogP contribution >= 0.6 is 0 Å². The molecule has 0 saturated carbocycles. The number of carbonyl (C=O) groups is 3. The van der Waals surface area contributed by atoms with Crippen molar-refractivity contribution in [3.05, 3.63) is 72.3 Å². The second-order valence-corrected chi connectivity index (χ2v) is 8.45. The highest BCUT2D eigenvalue weighted by Gasteiger charge is 2.44. The van der Waals surface area contributed by atoms with Crippen molar-refractivity contribution in [2.45, 2.75) is 24.3 Å². The Morgan fingerprint density at radius 1 is 1.20 bits per heavy atom. The Balaban J connectivity index is 1.92. The minimum absolute atomic E-state index is 0.0923. The predicted molar refractivity (Wildman–Crippen MR) is 111 cm³/mol. The van der Waals surface area contributed by atoms with E-state index in [1.165, 1.54) is 35.2 Å². The highest BCUT2D eigenvalue weighted by Crippen LogP contribution is 2.28. The maximum Gasteiger partial charge on any atom is 0.257 e. The molecule has 2 N–H and O–H groups in total. The van der Waals surface area contributed by atoms with Crippen molar-refractivity contribution in [1.29, 1.82) is 0 Å². The second kappa shape index (κ2) is 8.21. The molecular formula is C21H21N3O5S. The van der Waals surface area contributed by atoms with Crippen molar-refractivity contribution in [2.75, 3.05) is 11.4 Å². The number of amides is 3. The van der Waals surface area contributed by atoms with Crippen LogP contribution in [-0.2, 0) is 19.6 Å². The maximum absolute atomic E-state index is 13.1. The van der Waals surface area contributed by atoms with Gasteiger partial charge >= 0.3 is 0 Å². The van der Waals surface area contributed by atoms with Crippen LogP contribution in [0.1, 0.15) is 22.3 Å². The van der Waals surface area contributed by atoms with Crippen LogP contribution in [-0.4, -0.2) is 43.6 Å². The molecule has 9 heteroatoms. The molecule has 0 bridgehead atoms. The molecule has 0 spiro atoms. The van der Waals surface area contributed by atoms with Gasteiger partial charge in [0.25, 0.3) is 11.8 Å². The van der Waals surface area contributed by atoms with Crippen LogP contribution in [0.4, 0.5) is 5.69 Å². The van der Waals surface area contributed by atoms with Crippen LogP contribution in [0.3, 0.4) is 0 Å². The van der Waals surface area contributed by atoms with Gasteiger partial charge in [0.1, 0.15) is 6.04 Å². The van der Waals surface area contributed by atoms with E-state index >= 15 is 0 Å². The zero-order chi connectivity index (χ0) is 22.1. The van der Waals surface area contributed by atoms with E-state index < -0.39 is 27.9 Å². The minimum Gasteiger partial charge on any atom is -0.322 e. The van der Waals surface area contributed by atoms with Crippen LogP contribution in [0.15, 0.2) is 66.1 Å². The minimum atomic E-state index is -3.90. The summed E-state index contributed by atoms with van der Waals surface area (Å²) in [6.07, 6.45) is 1.32. The monoisotopic (exact) mass is 427 g/mol. The molecular weight excluding hydrogens is 406 g/mol. The molecule has 2 aromatic carbocycles. The molecule has 1 aliphatic heterocycles. The van der Waals surface area contributed by atoms with Crippen molar-refractivity contribution >= 4 is 33.4 Å². The van der Waals surface area contributed by atoms with Crippen molar-refractivity contribution < 1.29 is 22.8 Å². The van der Waals surface area contributed by atoms with E-state index in [0.717, 1.165) is 10.5 Å². The lowest BCUT2D eigenvalue weighted by Gasteiger charge is -2.27. The normalized spacial score (nSPS) is 16.6. The molecule has 156 valence electrons. The quantitative estimate of drug-likeness (QED) is 0.555. The number of rotatable bonds is 6. The fourth-order valence-electron chi connectivity index (χ4n) is 3.37. The summed E-state index contributed by atoms with van der Waals surface area (Å²) in [6, 6.07) is 11.1. The SMILES string of the molecule is C=CCN(C(=O)c1ccccc1C)C1CC(=O)N(c2ccc(S(N)(=O)=O)cc2)C1=O. The van der Waals surface area contributed by atoms with E-state index in [2.05, 4.69) is 6.58 Å². The van der Waals surface area contributed by atoms with E-state index in [1.807, 2.05) is 0 Å². The molecule has 2 aromatic rings. The molecule has 0 radical (unpaired) electrons. The average molecular weight is 427 g/mol. The van der Waals surface area contributed by atoms with E-state index in [4.69, 9.17) is 5.14 Å². The average Bonchev–Trinajstić information content (AvgIpc) is 2.99. The lowest BCUT2D eigenvalue weighted by Crippen LogP contribution is -2.45. The summed E-state index contributed by atoms with van der Waals surface area (Å²) in [4.78, 5) is 40.9. The zero-order valence-electron chi connectivity index (χ0n) is 16.3. The molecule has 1 unspecified atom stereocenters. The van der Waals surface area contributed by atoms with Gasteiger partial charge in [0.05, 0.1) is 17.0 Å². The highest BCUT2D eigenvalue weighted by atomic mass is 32.2. The van der Waals surface area contributed by atoms with E-state index in [-0.39, 0.29) is 29.5 Å². The number of primary sulfonamides is 1. The summed E-state index contributed by atoms with van der Waals surface area (Å²) >= 11 is 0. The van der Waals surface area contributed by atoms with Crippen LogP contribution in [0.2, 0.25) is 0 Å². The Bertz CT molecular complexity index is 1130. The molecule has 1 fully saturated rings. The van der Waals surface area contributed by atoms with Crippen molar-refractivity contribution in [2.24, 2.45) is 5.14 Å². The van der Waals surface area contributed by atoms with E-state index in [9.17, 15) is 22.8 Å². The predicted octanol–water partition coefficient (Wildman–Crippen LogP) is 1.60. The van der Waals surface area contributed by atoms with Gasteiger partial charge in [0.2, 0.25) is 15.9 Å². The summed E-state index contributed by atoms with van der Waals surface area (Å²) in [5, 5.41) is 5.08. The zero-order valence-corrected chi connectivity index (χ0v) is 17.1. The first-order chi connectivity index (χ1) is 14.1. The molecule has 1 heterocycles. The Hall–Kier alpha value is -3.30. The number of nitrogens with zero attached hydrogens (tertiary/aromatic N) is 2. The number of hydrogen-bond donors (Lipinski definition) is 1. The number of carbonyl (C=O) groups excluding carboxylic acids is 3. The Labute approximate surface area is 174 Å². The molecule has 1 aliphatic rings. The summed E-state index contributed by atoms with van der Waals surface area (Å²) in [7, 11) is -3.90. The number of hydrogen-bond acceptors (Lipinski definition) is 5. The third-order valence-electron chi connectivity index (χ3n) is 4.88. The fourth-order valence-corrected chi connectivity index (χ4v) is 3.89. The van der Waals surface area contributed by atoms with Crippen LogP contribution in [0.5, 0.6) is 0 Å². The Morgan fingerprint density at radius 3 is 2.40 bits per heavy atom. The fraction of sp³-hybridized carbons (Fsp3) is 0.190. The van der Waals surface area contributed by atoms with Crippen molar-refractivity contribution in [1.82, 2.24) is 4.90 Å². The molecule has 0 aliphatic carbocycles. The van der Waals surface area contributed by atoms with Gasteiger partial charge in [-0.2, -0.15) is 0 Å². The number of benzene rings is 2. The Kier molecular flexibility index (Phi) is 5.86. The number of sulfonamides is 1. The van der Waals surface area contributed by atoms with Gasteiger partial charge in [-0.1, -0.05) is 24.3 Å². The van der Waals surface area contributed by atoms with E-state index in [1.54, 1.807) is 31.2 Å². The highest BCUT2D eigenvalue weighted by molar-refractivity contribution is 7.89. The van der Waals surface area contributed by atoms with Gasteiger partial charge < -0.3 is 4.90 Å². The number of nitrogens with two attached hydrogens (primary N) is 1. The number of aryl methyl sites for hydroxylation is 1. The molecule has 1 saturated heterocycles. The summed E-state index contributed by atoms with van der Waals surface area (Å²) in [5.41, 5.74) is 1.40. The van der Waals surface area contributed by atoms with Gasteiger partial charge in [0, 0.05) is 12.1 Å². The smallest absolute Gasteiger partial charge is 0.257 e. The molecule has 0 aromatic heterocycles. The Morgan fingerprint density at radius 2 is 1.83 bits per heavy atom. The summed E-state index contributed by atoms with van der Waals surface area (Å²) in [6.45, 7) is 5.54.